The van der Waals surface area contributed by atoms with E-state index < -0.39 is 6.10 Å². The van der Waals surface area contributed by atoms with Gasteiger partial charge in [-0.2, -0.15) is 5.10 Å². The number of benzene rings is 2. The van der Waals surface area contributed by atoms with Crippen molar-refractivity contribution in [2.24, 2.45) is 7.05 Å². The Labute approximate surface area is 147 Å². The van der Waals surface area contributed by atoms with E-state index in [-0.39, 0.29) is 12.5 Å². The molecule has 1 amide bonds. The molecule has 0 fully saturated rings. The fourth-order valence-electron chi connectivity index (χ4n) is 2.93. The van der Waals surface area contributed by atoms with Crippen LogP contribution in [0.15, 0.2) is 48.5 Å². The number of nitrogens with one attached hydrogen (secondary N) is 1. The number of amides is 1. The summed E-state index contributed by atoms with van der Waals surface area (Å²) in [4.78, 5) is 12.3. The van der Waals surface area contributed by atoms with Crippen LogP contribution >= 0.6 is 0 Å². The third-order valence-electron chi connectivity index (χ3n) is 4.28. The van der Waals surface area contributed by atoms with Crippen molar-refractivity contribution in [2.45, 2.75) is 25.9 Å². The van der Waals surface area contributed by atoms with Crippen molar-refractivity contribution in [3.63, 3.8) is 0 Å². The third kappa shape index (κ3) is 3.88. The maximum absolute atomic E-state index is 12.3. The smallest absolute Gasteiger partial charge is 0.269 e. The number of carbonyl (C=O) groups excluding carboxylic acids is 1. The number of hydrogen-bond donors (Lipinski definition) is 2. The molecular formula is C20H23N3O2. The molecule has 0 aliphatic rings. The molecule has 0 aliphatic heterocycles. The number of nitrogens with zero attached hydrogens (tertiary/aromatic N) is 2. The molecule has 0 unspecified atom stereocenters. The van der Waals surface area contributed by atoms with Crippen molar-refractivity contribution < 1.29 is 9.90 Å². The second-order valence-electron chi connectivity index (χ2n) is 6.23. The van der Waals surface area contributed by atoms with Gasteiger partial charge in [0.05, 0.1) is 11.8 Å². The highest BCUT2D eigenvalue weighted by Gasteiger charge is 2.15. The fraction of sp³-hybridized carbons (Fsp3) is 0.300. The number of aliphatic hydroxyl groups is 1. The van der Waals surface area contributed by atoms with E-state index in [1.165, 1.54) is 0 Å². The summed E-state index contributed by atoms with van der Waals surface area (Å²) >= 11 is 0. The molecule has 1 heterocycles. The minimum absolute atomic E-state index is 0.158. The lowest BCUT2D eigenvalue weighted by atomic mass is 10.0. The summed E-state index contributed by atoms with van der Waals surface area (Å²) in [6.07, 6.45) is 1.08. The van der Waals surface area contributed by atoms with Gasteiger partial charge in [0.2, 0.25) is 0 Å². The number of hydrogen-bond acceptors (Lipinski definition) is 3. The van der Waals surface area contributed by atoms with E-state index in [0.29, 0.717) is 5.69 Å². The molecule has 0 bridgehead atoms. The van der Waals surface area contributed by atoms with Gasteiger partial charge in [-0.05, 0) is 34.9 Å². The lowest BCUT2D eigenvalue weighted by Crippen LogP contribution is -2.29. The SMILES string of the molecule is CCCc1cc(C(=O)NC[C@H](O)c2ccc3ccccc3c2)n(C)n1. The highest BCUT2D eigenvalue weighted by atomic mass is 16.3. The van der Waals surface area contributed by atoms with Crippen LogP contribution in [0.3, 0.4) is 0 Å². The van der Waals surface area contributed by atoms with Crippen LogP contribution in [0.4, 0.5) is 0 Å². The van der Waals surface area contributed by atoms with Gasteiger partial charge in [-0.25, -0.2) is 0 Å². The topological polar surface area (TPSA) is 67.2 Å². The third-order valence-corrected chi connectivity index (χ3v) is 4.28. The summed E-state index contributed by atoms with van der Waals surface area (Å²) in [5.74, 6) is -0.225. The number of aryl methyl sites for hydroxylation is 2. The Kier molecular flexibility index (Phi) is 5.14. The van der Waals surface area contributed by atoms with Crippen LogP contribution in [0.5, 0.6) is 0 Å². The van der Waals surface area contributed by atoms with Gasteiger partial charge in [0.25, 0.3) is 5.91 Å². The first-order valence-electron chi connectivity index (χ1n) is 8.56. The molecule has 3 rings (SSSR count). The molecular weight excluding hydrogens is 314 g/mol. The second kappa shape index (κ2) is 7.49. The average molecular weight is 337 g/mol. The van der Waals surface area contributed by atoms with Gasteiger partial charge in [0.15, 0.2) is 0 Å². The molecule has 0 spiro atoms. The number of aliphatic hydroxyl groups excluding tert-OH is 1. The van der Waals surface area contributed by atoms with Crippen molar-refractivity contribution in [1.82, 2.24) is 15.1 Å². The van der Waals surface area contributed by atoms with Crippen LogP contribution in [0, 0.1) is 0 Å². The summed E-state index contributed by atoms with van der Waals surface area (Å²) < 4.78 is 1.59. The van der Waals surface area contributed by atoms with Crippen molar-refractivity contribution in [2.75, 3.05) is 6.54 Å². The van der Waals surface area contributed by atoms with Gasteiger partial charge in [0.1, 0.15) is 5.69 Å². The molecule has 25 heavy (non-hydrogen) atoms. The Bertz CT molecular complexity index is 886. The van der Waals surface area contributed by atoms with E-state index in [2.05, 4.69) is 17.3 Å². The van der Waals surface area contributed by atoms with Gasteiger partial charge in [-0.3, -0.25) is 9.48 Å². The summed E-state index contributed by atoms with van der Waals surface area (Å²) in [7, 11) is 1.76. The van der Waals surface area contributed by atoms with Crippen LogP contribution in [-0.4, -0.2) is 27.3 Å². The van der Waals surface area contributed by atoms with Crippen molar-refractivity contribution >= 4 is 16.7 Å². The first-order chi connectivity index (χ1) is 12.1. The van der Waals surface area contributed by atoms with Crippen LogP contribution in [0.25, 0.3) is 10.8 Å². The average Bonchev–Trinajstić information content (AvgIpc) is 2.99. The van der Waals surface area contributed by atoms with Gasteiger partial charge in [-0.15, -0.1) is 0 Å². The van der Waals surface area contributed by atoms with E-state index >= 15 is 0 Å². The molecule has 0 saturated carbocycles. The summed E-state index contributed by atoms with van der Waals surface area (Å²) in [6.45, 7) is 2.24. The first kappa shape index (κ1) is 17.2. The van der Waals surface area contributed by atoms with Crippen molar-refractivity contribution in [3.05, 3.63) is 65.5 Å². The van der Waals surface area contributed by atoms with Gasteiger partial charge in [-0.1, -0.05) is 49.7 Å². The van der Waals surface area contributed by atoms with Crippen LogP contribution in [0.2, 0.25) is 0 Å². The molecule has 130 valence electrons. The lowest BCUT2D eigenvalue weighted by Gasteiger charge is -2.13. The molecule has 0 radical (unpaired) electrons. The zero-order valence-corrected chi connectivity index (χ0v) is 14.6. The Morgan fingerprint density at radius 1 is 1.20 bits per heavy atom. The molecule has 2 aromatic carbocycles. The zero-order chi connectivity index (χ0) is 17.8. The van der Waals surface area contributed by atoms with Gasteiger partial charge >= 0.3 is 0 Å². The second-order valence-corrected chi connectivity index (χ2v) is 6.23. The number of carbonyl (C=O) groups is 1. The first-order valence-corrected chi connectivity index (χ1v) is 8.56. The molecule has 0 saturated heterocycles. The van der Waals surface area contributed by atoms with Crippen LogP contribution < -0.4 is 5.32 Å². The summed E-state index contributed by atoms with van der Waals surface area (Å²) in [5, 5.41) is 19.7. The minimum Gasteiger partial charge on any atom is -0.387 e. The molecule has 1 atom stereocenters. The molecule has 0 aliphatic carbocycles. The van der Waals surface area contributed by atoms with Crippen LogP contribution in [-0.2, 0) is 13.5 Å². The predicted molar refractivity (Wildman–Crippen MR) is 98.4 cm³/mol. The predicted octanol–water partition coefficient (Wildman–Crippen LogP) is 2.99. The van der Waals surface area contributed by atoms with E-state index in [0.717, 1.165) is 34.9 Å². The normalized spacial score (nSPS) is 12.3. The maximum Gasteiger partial charge on any atom is 0.269 e. The monoisotopic (exact) mass is 337 g/mol. The largest absolute Gasteiger partial charge is 0.387 e. The molecule has 3 aromatic rings. The fourth-order valence-corrected chi connectivity index (χ4v) is 2.93. The summed E-state index contributed by atoms with van der Waals surface area (Å²) in [6, 6.07) is 15.6. The highest BCUT2D eigenvalue weighted by Crippen LogP contribution is 2.20. The van der Waals surface area contributed by atoms with E-state index in [9.17, 15) is 9.90 Å². The Morgan fingerprint density at radius 2 is 1.96 bits per heavy atom. The Hall–Kier alpha value is -2.66. The van der Waals surface area contributed by atoms with Gasteiger partial charge in [0, 0.05) is 13.6 Å². The molecule has 1 aromatic heterocycles. The van der Waals surface area contributed by atoms with E-state index in [1.807, 2.05) is 42.5 Å². The Morgan fingerprint density at radius 3 is 2.72 bits per heavy atom. The molecule has 5 heteroatoms. The van der Waals surface area contributed by atoms with Crippen LogP contribution in [0.1, 0.15) is 41.2 Å². The van der Waals surface area contributed by atoms with Crippen molar-refractivity contribution in [3.8, 4) is 0 Å². The van der Waals surface area contributed by atoms with E-state index in [4.69, 9.17) is 0 Å². The Balaban J connectivity index is 1.66. The standard InChI is InChI=1S/C20H23N3O2/c1-3-6-17-12-18(23(2)22-17)20(25)21-13-19(24)16-10-9-14-7-4-5-8-15(14)11-16/h4-5,7-12,19,24H,3,6,13H2,1-2H3,(H,21,25)/t19-/m0/s1. The highest BCUT2D eigenvalue weighted by molar-refractivity contribution is 5.92. The zero-order valence-electron chi connectivity index (χ0n) is 14.6. The minimum atomic E-state index is -0.753. The number of fused-ring (bicyclic) bond motifs is 1. The van der Waals surface area contributed by atoms with Gasteiger partial charge < -0.3 is 10.4 Å². The lowest BCUT2D eigenvalue weighted by molar-refractivity contribution is 0.0907. The maximum atomic E-state index is 12.3. The summed E-state index contributed by atoms with van der Waals surface area (Å²) in [5.41, 5.74) is 2.20. The number of rotatable bonds is 6. The quantitative estimate of drug-likeness (QED) is 0.727. The number of aromatic nitrogens is 2. The van der Waals surface area contributed by atoms with E-state index in [1.54, 1.807) is 17.8 Å². The molecule has 2 N–H and O–H groups in total. The molecule has 5 nitrogen and oxygen atoms in total. The van der Waals surface area contributed by atoms with Crippen molar-refractivity contribution in [1.29, 1.82) is 0 Å².